The molecule has 20 heavy (non-hydrogen) atoms. The predicted molar refractivity (Wildman–Crippen MR) is 85.0 cm³/mol. The molecule has 0 unspecified atom stereocenters. The molecule has 0 radical (unpaired) electrons. The molecule has 0 aliphatic carbocycles. The molecule has 0 atom stereocenters. The minimum Gasteiger partial charge on any atom is -0.338 e. The van der Waals surface area contributed by atoms with Crippen molar-refractivity contribution >= 4 is 11.0 Å². The second-order valence-corrected chi connectivity index (χ2v) is 6.35. The van der Waals surface area contributed by atoms with Gasteiger partial charge >= 0.3 is 0 Å². The molecule has 1 aromatic heterocycles. The van der Waals surface area contributed by atoms with Crippen LogP contribution in [0.15, 0.2) is 42.5 Å². The molecule has 0 fully saturated rings. The van der Waals surface area contributed by atoms with Gasteiger partial charge in [0.2, 0.25) is 0 Å². The van der Waals surface area contributed by atoms with Gasteiger partial charge in [-0.05, 0) is 29.5 Å². The molecule has 0 saturated carbocycles. The first-order valence-corrected chi connectivity index (χ1v) is 7.02. The van der Waals surface area contributed by atoms with Crippen LogP contribution in [0.25, 0.3) is 22.4 Å². The van der Waals surface area contributed by atoms with Crippen LogP contribution in [-0.2, 0) is 5.41 Å². The summed E-state index contributed by atoms with van der Waals surface area (Å²) in [4.78, 5) is 8.26. The lowest BCUT2D eigenvalue weighted by Crippen LogP contribution is -2.12. The van der Waals surface area contributed by atoms with Gasteiger partial charge in [0.05, 0.1) is 11.0 Å². The maximum Gasteiger partial charge on any atom is 0.138 e. The van der Waals surface area contributed by atoms with E-state index in [4.69, 9.17) is 4.98 Å². The topological polar surface area (TPSA) is 28.7 Å². The van der Waals surface area contributed by atoms with Crippen molar-refractivity contribution in [2.24, 2.45) is 0 Å². The van der Waals surface area contributed by atoms with Crippen molar-refractivity contribution < 1.29 is 0 Å². The molecular weight excluding hydrogens is 244 g/mol. The van der Waals surface area contributed by atoms with Crippen molar-refractivity contribution in [3.05, 3.63) is 53.6 Å². The number of aromatic nitrogens is 2. The Labute approximate surface area is 119 Å². The highest BCUT2D eigenvalue weighted by molar-refractivity contribution is 5.82. The van der Waals surface area contributed by atoms with Gasteiger partial charge in [0.1, 0.15) is 5.82 Å². The molecule has 0 amide bonds. The minimum atomic E-state index is 0.102. The van der Waals surface area contributed by atoms with Gasteiger partial charge in [-0.25, -0.2) is 4.98 Å². The number of nitrogens with one attached hydrogen (secondary N) is 1. The van der Waals surface area contributed by atoms with Crippen LogP contribution in [0.4, 0.5) is 0 Å². The van der Waals surface area contributed by atoms with Crippen LogP contribution < -0.4 is 0 Å². The van der Waals surface area contributed by atoms with E-state index in [0.29, 0.717) is 0 Å². The maximum atomic E-state index is 4.80. The van der Waals surface area contributed by atoms with Gasteiger partial charge in [-0.2, -0.15) is 0 Å². The van der Waals surface area contributed by atoms with Crippen LogP contribution in [0.2, 0.25) is 0 Å². The normalized spacial score (nSPS) is 12.0. The van der Waals surface area contributed by atoms with Crippen LogP contribution in [0.3, 0.4) is 0 Å². The summed E-state index contributed by atoms with van der Waals surface area (Å²) < 4.78 is 0. The van der Waals surface area contributed by atoms with Crippen LogP contribution in [0.5, 0.6) is 0 Å². The Morgan fingerprint density at radius 1 is 0.950 bits per heavy atom. The summed E-state index contributed by atoms with van der Waals surface area (Å²) in [5, 5.41) is 0. The number of benzene rings is 2. The Morgan fingerprint density at radius 2 is 1.70 bits per heavy atom. The Balaban J connectivity index is 2.24. The number of H-pyrrole nitrogens is 1. The molecule has 102 valence electrons. The fourth-order valence-corrected chi connectivity index (χ4v) is 2.65. The summed E-state index contributed by atoms with van der Waals surface area (Å²) in [6.07, 6.45) is 0. The quantitative estimate of drug-likeness (QED) is 0.669. The van der Waals surface area contributed by atoms with Gasteiger partial charge in [0.25, 0.3) is 0 Å². The van der Waals surface area contributed by atoms with Crippen molar-refractivity contribution in [1.29, 1.82) is 0 Å². The van der Waals surface area contributed by atoms with Crippen LogP contribution in [0.1, 0.15) is 31.9 Å². The highest BCUT2D eigenvalue weighted by atomic mass is 14.9. The third-order valence-electron chi connectivity index (χ3n) is 3.70. The van der Waals surface area contributed by atoms with Crippen molar-refractivity contribution in [2.75, 3.05) is 0 Å². The SMILES string of the molecule is Cc1cccc2[nH]c(-c3ccccc3C(C)(C)C)nc12. The number of rotatable bonds is 1. The van der Waals surface area contributed by atoms with Gasteiger partial charge in [-0.3, -0.25) is 0 Å². The van der Waals surface area contributed by atoms with Crippen molar-refractivity contribution in [2.45, 2.75) is 33.1 Å². The van der Waals surface area contributed by atoms with E-state index >= 15 is 0 Å². The van der Waals surface area contributed by atoms with Crippen LogP contribution in [0, 0.1) is 6.92 Å². The summed E-state index contributed by atoms with van der Waals surface area (Å²) in [7, 11) is 0. The van der Waals surface area contributed by atoms with E-state index < -0.39 is 0 Å². The summed E-state index contributed by atoms with van der Waals surface area (Å²) in [6.45, 7) is 8.81. The molecular formula is C18H20N2. The summed E-state index contributed by atoms with van der Waals surface area (Å²) in [6, 6.07) is 14.8. The number of fused-ring (bicyclic) bond motifs is 1. The number of aryl methyl sites for hydroxylation is 1. The van der Waals surface area contributed by atoms with Gasteiger partial charge in [0, 0.05) is 5.56 Å². The predicted octanol–water partition coefficient (Wildman–Crippen LogP) is 4.84. The van der Waals surface area contributed by atoms with Gasteiger partial charge < -0.3 is 4.98 Å². The fourth-order valence-electron chi connectivity index (χ4n) is 2.65. The monoisotopic (exact) mass is 264 g/mol. The number of hydrogen-bond donors (Lipinski definition) is 1. The second kappa shape index (κ2) is 4.48. The molecule has 2 heteroatoms. The highest BCUT2D eigenvalue weighted by Crippen LogP contribution is 2.32. The summed E-state index contributed by atoms with van der Waals surface area (Å²) in [5.74, 6) is 0.958. The molecule has 2 aromatic carbocycles. The summed E-state index contributed by atoms with van der Waals surface area (Å²) in [5.41, 5.74) is 5.98. The highest BCUT2D eigenvalue weighted by Gasteiger charge is 2.19. The lowest BCUT2D eigenvalue weighted by molar-refractivity contribution is 0.591. The zero-order valence-corrected chi connectivity index (χ0v) is 12.5. The van der Waals surface area contributed by atoms with E-state index in [0.717, 1.165) is 16.9 Å². The van der Waals surface area contributed by atoms with Gasteiger partial charge in [-0.1, -0.05) is 57.2 Å². The molecule has 3 aromatic rings. The van der Waals surface area contributed by atoms with Crippen LogP contribution in [-0.4, -0.2) is 9.97 Å². The second-order valence-electron chi connectivity index (χ2n) is 6.35. The molecule has 0 bridgehead atoms. The largest absolute Gasteiger partial charge is 0.338 e. The first-order chi connectivity index (χ1) is 9.47. The molecule has 0 saturated heterocycles. The Morgan fingerprint density at radius 3 is 2.40 bits per heavy atom. The van der Waals surface area contributed by atoms with E-state index in [1.807, 2.05) is 0 Å². The fraction of sp³-hybridized carbons (Fsp3) is 0.278. The lowest BCUT2D eigenvalue weighted by atomic mass is 9.83. The van der Waals surface area contributed by atoms with E-state index in [-0.39, 0.29) is 5.41 Å². The first-order valence-electron chi connectivity index (χ1n) is 7.02. The molecule has 0 spiro atoms. The molecule has 1 heterocycles. The van der Waals surface area contributed by atoms with Gasteiger partial charge in [0.15, 0.2) is 0 Å². The van der Waals surface area contributed by atoms with Crippen molar-refractivity contribution in [3.8, 4) is 11.4 Å². The summed E-state index contributed by atoms with van der Waals surface area (Å²) >= 11 is 0. The molecule has 0 aliphatic heterocycles. The van der Waals surface area contributed by atoms with E-state index in [1.165, 1.54) is 16.7 Å². The molecule has 1 N–H and O–H groups in total. The third-order valence-corrected chi connectivity index (χ3v) is 3.70. The van der Waals surface area contributed by atoms with Crippen molar-refractivity contribution in [1.82, 2.24) is 9.97 Å². The lowest BCUT2D eigenvalue weighted by Gasteiger charge is -2.21. The number of nitrogens with zero attached hydrogens (tertiary/aromatic N) is 1. The third kappa shape index (κ3) is 2.11. The first kappa shape index (κ1) is 12.9. The van der Waals surface area contributed by atoms with Crippen LogP contribution >= 0.6 is 0 Å². The minimum absolute atomic E-state index is 0.102. The molecule has 3 rings (SSSR count). The number of para-hydroxylation sites is 1. The Bertz CT molecular complexity index is 760. The zero-order valence-electron chi connectivity index (χ0n) is 12.5. The molecule has 2 nitrogen and oxygen atoms in total. The maximum absolute atomic E-state index is 4.80. The van der Waals surface area contributed by atoms with Crippen molar-refractivity contribution in [3.63, 3.8) is 0 Å². The standard InChI is InChI=1S/C18H20N2/c1-12-8-7-11-15-16(12)20-17(19-15)13-9-5-6-10-14(13)18(2,3)4/h5-11H,1-4H3,(H,19,20). The number of aromatic amines is 1. The average molecular weight is 264 g/mol. The average Bonchev–Trinajstić information content (AvgIpc) is 2.83. The van der Waals surface area contributed by atoms with E-state index in [9.17, 15) is 0 Å². The smallest absolute Gasteiger partial charge is 0.138 e. The number of imidazole rings is 1. The van der Waals surface area contributed by atoms with E-state index in [1.54, 1.807) is 0 Å². The van der Waals surface area contributed by atoms with Gasteiger partial charge in [-0.15, -0.1) is 0 Å². The Kier molecular flexibility index (Phi) is 2.89. The molecule has 0 aliphatic rings. The van der Waals surface area contributed by atoms with E-state index in [2.05, 4.69) is 75.1 Å². The zero-order chi connectivity index (χ0) is 14.3. The number of hydrogen-bond acceptors (Lipinski definition) is 1. The Hall–Kier alpha value is -2.09.